The molecule has 3 nitrogen and oxygen atoms in total. The van der Waals surface area contributed by atoms with Gasteiger partial charge in [-0.25, -0.2) is 14.4 Å². The highest BCUT2D eigenvalue weighted by Gasteiger charge is 2.08. The lowest BCUT2D eigenvalue weighted by molar-refractivity contribution is 0.602. The highest BCUT2D eigenvalue weighted by Crippen LogP contribution is 2.25. The molecule has 19 heavy (non-hydrogen) atoms. The number of nitrogens with two attached hydrogens (primary N) is 1. The monoisotopic (exact) mass is 277 g/mol. The molecule has 2 rings (SSSR count). The van der Waals surface area contributed by atoms with Crippen LogP contribution in [-0.4, -0.2) is 9.97 Å². The molecule has 5 heteroatoms. The minimum absolute atomic E-state index is 0.222. The van der Waals surface area contributed by atoms with Gasteiger partial charge in [-0.2, -0.15) is 0 Å². The summed E-state index contributed by atoms with van der Waals surface area (Å²) in [5.41, 5.74) is 6.68. The molecule has 0 unspecified atom stereocenters. The molecule has 1 aromatic heterocycles. The zero-order valence-electron chi connectivity index (χ0n) is 10.9. The van der Waals surface area contributed by atoms with Gasteiger partial charge in [0.25, 0.3) is 0 Å². The van der Waals surface area contributed by atoms with Gasteiger partial charge < -0.3 is 5.73 Å². The second-order valence-electron chi connectivity index (χ2n) is 4.51. The summed E-state index contributed by atoms with van der Waals surface area (Å²) < 4.78 is 13.5. The smallest absolute Gasteiger partial charge is 0.141 e. The quantitative estimate of drug-likeness (QED) is 0.867. The first kappa shape index (κ1) is 13.8. The summed E-state index contributed by atoms with van der Waals surface area (Å²) in [5, 5.41) is 0. The molecule has 0 fully saturated rings. The Kier molecular flexibility index (Phi) is 4.37. The highest BCUT2D eigenvalue weighted by molar-refractivity contribution is 7.98. The minimum Gasteiger partial charge on any atom is -0.384 e. The maximum absolute atomic E-state index is 13.5. The SMILES string of the molecule is CC(C)c1cc(N)nc(CSc2ccccc2F)n1. The van der Waals surface area contributed by atoms with E-state index in [1.165, 1.54) is 17.8 Å². The lowest BCUT2D eigenvalue weighted by Gasteiger charge is -2.08. The Morgan fingerprint density at radius 2 is 2.00 bits per heavy atom. The van der Waals surface area contributed by atoms with Crippen LogP contribution in [0.4, 0.5) is 10.2 Å². The van der Waals surface area contributed by atoms with Crippen molar-refractivity contribution in [3.05, 3.63) is 47.7 Å². The Bertz CT molecular complexity index is 572. The molecule has 0 saturated carbocycles. The molecule has 0 aliphatic heterocycles. The summed E-state index contributed by atoms with van der Waals surface area (Å²) in [4.78, 5) is 9.22. The second kappa shape index (κ2) is 6.02. The number of nitrogens with zero attached hydrogens (tertiary/aromatic N) is 2. The van der Waals surface area contributed by atoms with Crippen molar-refractivity contribution in [2.24, 2.45) is 0 Å². The van der Waals surface area contributed by atoms with Gasteiger partial charge in [-0.3, -0.25) is 0 Å². The van der Waals surface area contributed by atoms with E-state index in [0.29, 0.717) is 28.2 Å². The van der Waals surface area contributed by atoms with E-state index < -0.39 is 0 Å². The zero-order valence-corrected chi connectivity index (χ0v) is 11.7. The molecular weight excluding hydrogens is 261 g/mol. The van der Waals surface area contributed by atoms with Crippen LogP contribution in [0, 0.1) is 5.82 Å². The van der Waals surface area contributed by atoms with Crippen molar-refractivity contribution >= 4 is 17.6 Å². The van der Waals surface area contributed by atoms with E-state index >= 15 is 0 Å². The van der Waals surface area contributed by atoms with E-state index in [0.717, 1.165) is 5.69 Å². The van der Waals surface area contributed by atoms with Crippen LogP contribution in [0.25, 0.3) is 0 Å². The van der Waals surface area contributed by atoms with Crippen molar-refractivity contribution in [3.63, 3.8) is 0 Å². The van der Waals surface area contributed by atoms with Crippen LogP contribution < -0.4 is 5.73 Å². The fourth-order valence-electron chi connectivity index (χ4n) is 1.60. The highest BCUT2D eigenvalue weighted by atomic mass is 32.2. The Labute approximate surface area is 116 Å². The molecule has 0 spiro atoms. The maximum Gasteiger partial charge on any atom is 0.141 e. The molecule has 1 aromatic carbocycles. The van der Waals surface area contributed by atoms with Crippen molar-refractivity contribution < 1.29 is 4.39 Å². The van der Waals surface area contributed by atoms with Crippen molar-refractivity contribution in [1.82, 2.24) is 9.97 Å². The molecule has 0 amide bonds. The van der Waals surface area contributed by atoms with Crippen LogP contribution in [0.1, 0.15) is 31.3 Å². The first-order valence-electron chi connectivity index (χ1n) is 6.07. The Balaban J connectivity index is 2.14. The van der Waals surface area contributed by atoms with Crippen LogP contribution in [0.15, 0.2) is 35.2 Å². The van der Waals surface area contributed by atoms with E-state index in [2.05, 4.69) is 23.8 Å². The third-order valence-corrected chi connectivity index (χ3v) is 3.64. The molecule has 1 heterocycles. The van der Waals surface area contributed by atoms with Crippen LogP contribution >= 0.6 is 11.8 Å². The lowest BCUT2D eigenvalue weighted by atomic mass is 10.1. The summed E-state index contributed by atoms with van der Waals surface area (Å²) in [6.07, 6.45) is 0. The fourth-order valence-corrected chi connectivity index (χ4v) is 2.40. The number of halogens is 1. The van der Waals surface area contributed by atoms with Gasteiger partial charge in [-0.1, -0.05) is 26.0 Å². The van der Waals surface area contributed by atoms with E-state index in [9.17, 15) is 4.39 Å². The van der Waals surface area contributed by atoms with Crippen LogP contribution in [0.2, 0.25) is 0 Å². The fraction of sp³-hybridized carbons (Fsp3) is 0.286. The summed E-state index contributed by atoms with van der Waals surface area (Å²) in [6.45, 7) is 4.10. The first-order valence-corrected chi connectivity index (χ1v) is 7.05. The standard InChI is InChI=1S/C14H16FN3S/c1-9(2)11-7-13(16)18-14(17-11)8-19-12-6-4-3-5-10(12)15/h3-7,9H,8H2,1-2H3,(H2,16,17,18). The third-order valence-electron chi connectivity index (χ3n) is 2.60. The van der Waals surface area contributed by atoms with Crippen molar-refractivity contribution in [1.29, 1.82) is 0 Å². The van der Waals surface area contributed by atoms with E-state index in [1.54, 1.807) is 18.2 Å². The Morgan fingerprint density at radius 1 is 1.26 bits per heavy atom. The van der Waals surface area contributed by atoms with Crippen LogP contribution in [0.3, 0.4) is 0 Å². The average molecular weight is 277 g/mol. The van der Waals surface area contributed by atoms with E-state index in [-0.39, 0.29) is 5.82 Å². The van der Waals surface area contributed by atoms with Gasteiger partial charge in [0.2, 0.25) is 0 Å². The number of rotatable bonds is 4. The van der Waals surface area contributed by atoms with Gasteiger partial charge in [-0.15, -0.1) is 11.8 Å². The number of hydrogen-bond acceptors (Lipinski definition) is 4. The number of nitrogen functional groups attached to an aromatic ring is 1. The summed E-state index contributed by atoms with van der Waals surface area (Å²) in [5.74, 6) is 1.67. The molecule has 2 N–H and O–H groups in total. The Hall–Kier alpha value is -1.62. The summed E-state index contributed by atoms with van der Waals surface area (Å²) >= 11 is 1.37. The number of anilines is 1. The second-order valence-corrected chi connectivity index (χ2v) is 5.52. The van der Waals surface area contributed by atoms with E-state index in [1.807, 2.05) is 6.07 Å². The van der Waals surface area contributed by atoms with E-state index in [4.69, 9.17) is 5.73 Å². The molecule has 0 bridgehead atoms. The van der Waals surface area contributed by atoms with Gasteiger partial charge in [0.05, 0.1) is 5.75 Å². The van der Waals surface area contributed by atoms with Gasteiger partial charge in [0.15, 0.2) is 0 Å². The van der Waals surface area contributed by atoms with Crippen molar-refractivity contribution in [2.45, 2.75) is 30.4 Å². The van der Waals surface area contributed by atoms with Gasteiger partial charge in [0.1, 0.15) is 17.5 Å². The largest absolute Gasteiger partial charge is 0.384 e. The average Bonchev–Trinajstić information content (AvgIpc) is 2.37. The molecule has 0 atom stereocenters. The third kappa shape index (κ3) is 3.67. The molecule has 0 saturated heterocycles. The predicted octanol–water partition coefficient (Wildman–Crippen LogP) is 3.61. The first-order chi connectivity index (χ1) is 9.06. The summed E-state index contributed by atoms with van der Waals surface area (Å²) in [6, 6.07) is 8.46. The summed E-state index contributed by atoms with van der Waals surface area (Å²) in [7, 11) is 0. The Morgan fingerprint density at radius 3 is 2.68 bits per heavy atom. The normalized spacial score (nSPS) is 10.9. The number of thioether (sulfide) groups is 1. The lowest BCUT2D eigenvalue weighted by Crippen LogP contribution is -2.03. The minimum atomic E-state index is -0.222. The van der Waals surface area contributed by atoms with Crippen LogP contribution in [0.5, 0.6) is 0 Å². The number of aromatic nitrogens is 2. The number of hydrogen-bond donors (Lipinski definition) is 1. The molecular formula is C14H16FN3S. The maximum atomic E-state index is 13.5. The van der Waals surface area contributed by atoms with Gasteiger partial charge in [-0.05, 0) is 18.1 Å². The molecule has 2 aromatic rings. The van der Waals surface area contributed by atoms with Gasteiger partial charge >= 0.3 is 0 Å². The zero-order chi connectivity index (χ0) is 13.8. The van der Waals surface area contributed by atoms with Crippen molar-refractivity contribution in [3.8, 4) is 0 Å². The molecule has 0 radical (unpaired) electrons. The van der Waals surface area contributed by atoms with Crippen molar-refractivity contribution in [2.75, 3.05) is 5.73 Å². The van der Waals surface area contributed by atoms with Crippen LogP contribution in [-0.2, 0) is 5.75 Å². The number of benzene rings is 1. The predicted molar refractivity (Wildman–Crippen MR) is 76.5 cm³/mol. The molecule has 0 aliphatic rings. The van der Waals surface area contributed by atoms with Gasteiger partial charge in [0, 0.05) is 16.7 Å². The molecule has 0 aliphatic carbocycles. The topological polar surface area (TPSA) is 51.8 Å². The molecule has 100 valence electrons.